The highest BCUT2D eigenvalue weighted by Gasteiger charge is 2.06. The number of nitrogens with zero attached hydrogens (tertiary/aromatic N) is 1. The predicted octanol–water partition coefficient (Wildman–Crippen LogP) is 2.70. The van der Waals surface area contributed by atoms with Gasteiger partial charge in [-0.1, -0.05) is 20.3 Å². The molecule has 90 valence electrons. The van der Waals surface area contributed by atoms with Gasteiger partial charge in [-0.3, -0.25) is 0 Å². The second-order valence-electron chi connectivity index (χ2n) is 4.03. The number of aryl methyl sites for hydroxylation is 1. The summed E-state index contributed by atoms with van der Waals surface area (Å²) in [6.45, 7) is 6.26. The van der Waals surface area contributed by atoms with Gasteiger partial charge in [-0.25, -0.2) is 4.98 Å². The van der Waals surface area contributed by atoms with Crippen molar-refractivity contribution in [2.24, 2.45) is 0 Å². The summed E-state index contributed by atoms with van der Waals surface area (Å²) in [6.07, 6.45) is 3.15. The molecule has 0 saturated heterocycles. The molecule has 0 aliphatic carbocycles. The maximum atomic E-state index is 9.14. The highest BCUT2D eigenvalue weighted by atomic mass is 16.5. The first kappa shape index (κ1) is 13.0. The zero-order valence-electron chi connectivity index (χ0n) is 10.4. The van der Waals surface area contributed by atoms with Crippen LogP contribution in [0.25, 0.3) is 0 Å². The number of aliphatic hydroxyl groups excluding tert-OH is 1. The van der Waals surface area contributed by atoms with E-state index < -0.39 is 0 Å². The molecule has 1 rings (SSSR count). The van der Waals surface area contributed by atoms with Gasteiger partial charge in [0.25, 0.3) is 0 Å². The van der Waals surface area contributed by atoms with Crippen molar-refractivity contribution in [1.82, 2.24) is 4.98 Å². The van der Waals surface area contributed by atoms with Crippen molar-refractivity contribution in [3.63, 3.8) is 0 Å². The minimum Gasteiger partial charge on any atom is -0.475 e. The minimum atomic E-state index is 0.0358. The average Bonchev–Trinajstić information content (AvgIpc) is 2.28. The fraction of sp³-hybridized carbons (Fsp3) is 0.615. The second kappa shape index (κ2) is 6.48. The summed E-state index contributed by atoms with van der Waals surface area (Å²) in [5, 5.41) is 9.14. The van der Waals surface area contributed by atoms with E-state index >= 15 is 0 Å². The summed E-state index contributed by atoms with van der Waals surface area (Å²) in [5.74, 6) is 0.629. The summed E-state index contributed by atoms with van der Waals surface area (Å²) in [5.41, 5.74) is 1.83. The number of hydrogen-bond donors (Lipinski definition) is 1. The van der Waals surface area contributed by atoms with Crippen LogP contribution in [0.5, 0.6) is 5.88 Å². The summed E-state index contributed by atoms with van der Waals surface area (Å²) < 4.78 is 5.72. The highest BCUT2D eigenvalue weighted by Crippen LogP contribution is 2.16. The zero-order valence-corrected chi connectivity index (χ0v) is 10.4. The Labute approximate surface area is 97.5 Å². The molecule has 1 aromatic heterocycles. The third-order valence-electron chi connectivity index (χ3n) is 2.48. The van der Waals surface area contributed by atoms with Gasteiger partial charge in [0.2, 0.25) is 5.88 Å². The molecule has 16 heavy (non-hydrogen) atoms. The Bertz CT molecular complexity index is 303. The van der Waals surface area contributed by atoms with Crippen LogP contribution in [0, 0.1) is 0 Å². The number of hydrogen-bond acceptors (Lipinski definition) is 3. The highest BCUT2D eigenvalue weighted by molar-refractivity contribution is 5.24. The van der Waals surface area contributed by atoms with Gasteiger partial charge in [-0.15, -0.1) is 0 Å². The van der Waals surface area contributed by atoms with Crippen LogP contribution in [0.1, 0.15) is 44.9 Å². The molecule has 3 nitrogen and oxygen atoms in total. The van der Waals surface area contributed by atoms with E-state index in [9.17, 15) is 0 Å². The van der Waals surface area contributed by atoms with Gasteiger partial charge in [0, 0.05) is 11.8 Å². The Balaban J connectivity index is 2.78. The zero-order chi connectivity index (χ0) is 12.0. The largest absolute Gasteiger partial charge is 0.475 e. The van der Waals surface area contributed by atoms with Gasteiger partial charge in [-0.2, -0.15) is 0 Å². The molecule has 1 unspecified atom stereocenters. The van der Waals surface area contributed by atoms with Gasteiger partial charge in [0.05, 0.1) is 12.7 Å². The summed E-state index contributed by atoms with van der Waals surface area (Å²) in [6, 6.07) is 3.72. The first-order valence-corrected chi connectivity index (χ1v) is 5.96. The molecule has 0 radical (unpaired) electrons. The van der Waals surface area contributed by atoms with Crippen LogP contribution in [0.3, 0.4) is 0 Å². The van der Waals surface area contributed by atoms with Crippen LogP contribution >= 0.6 is 0 Å². The average molecular weight is 223 g/mol. The van der Waals surface area contributed by atoms with E-state index in [0.717, 1.165) is 30.5 Å². The third kappa shape index (κ3) is 3.81. The Kier molecular flexibility index (Phi) is 5.26. The molecule has 0 aliphatic heterocycles. The lowest BCUT2D eigenvalue weighted by Gasteiger charge is -2.14. The van der Waals surface area contributed by atoms with Gasteiger partial charge < -0.3 is 9.84 Å². The summed E-state index contributed by atoms with van der Waals surface area (Å²) in [7, 11) is 0. The summed E-state index contributed by atoms with van der Waals surface area (Å²) in [4.78, 5) is 4.39. The topological polar surface area (TPSA) is 42.4 Å². The number of aliphatic hydroxyl groups is 1. The van der Waals surface area contributed by atoms with Crippen LogP contribution in [-0.2, 0) is 13.0 Å². The van der Waals surface area contributed by atoms with E-state index in [-0.39, 0.29) is 12.7 Å². The Morgan fingerprint density at radius 3 is 2.69 bits per heavy atom. The third-order valence-corrected chi connectivity index (χ3v) is 2.48. The van der Waals surface area contributed by atoms with E-state index in [2.05, 4.69) is 11.9 Å². The first-order valence-electron chi connectivity index (χ1n) is 5.96. The molecule has 0 bridgehead atoms. The summed E-state index contributed by atoms with van der Waals surface area (Å²) >= 11 is 0. The Morgan fingerprint density at radius 1 is 1.38 bits per heavy atom. The molecule has 3 heteroatoms. The van der Waals surface area contributed by atoms with Crippen molar-refractivity contribution in [1.29, 1.82) is 0 Å². The molecule has 1 atom stereocenters. The van der Waals surface area contributed by atoms with Crippen LogP contribution in [0.4, 0.5) is 0 Å². The van der Waals surface area contributed by atoms with Crippen molar-refractivity contribution >= 4 is 0 Å². The Hall–Kier alpha value is -1.09. The lowest BCUT2D eigenvalue weighted by atomic mass is 10.2. The first-order chi connectivity index (χ1) is 7.69. The van der Waals surface area contributed by atoms with Crippen molar-refractivity contribution in [2.75, 3.05) is 0 Å². The van der Waals surface area contributed by atoms with E-state index in [1.54, 1.807) is 0 Å². The van der Waals surface area contributed by atoms with E-state index in [0.29, 0.717) is 5.88 Å². The molecule has 0 saturated carbocycles. The number of rotatable bonds is 6. The van der Waals surface area contributed by atoms with Crippen LogP contribution < -0.4 is 4.74 Å². The number of aromatic nitrogens is 1. The van der Waals surface area contributed by atoms with Crippen molar-refractivity contribution < 1.29 is 9.84 Å². The second-order valence-corrected chi connectivity index (χ2v) is 4.03. The fourth-order valence-corrected chi connectivity index (χ4v) is 1.62. The molecule has 1 aromatic rings. The molecule has 0 fully saturated rings. The van der Waals surface area contributed by atoms with E-state index in [1.165, 1.54) is 0 Å². The maximum absolute atomic E-state index is 9.14. The fourth-order valence-electron chi connectivity index (χ4n) is 1.62. The molecule has 1 N–H and O–H groups in total. The van der Waals surface area contributed by atoms with Crippen molar-refractivity contribution in [2.45, 2.75) is 52.7 Å². The van der Waals surface area contributed by atoms with Crippen molar-refractivity contribution in [3.05, 3.63) is 23.4 Å². The molecule has 0 amide bonds. The lowest BCUT2D eigenvalue weighted by Crippen LogP contribution is -2.12. The molecule has 0 spiro atoms. The number of ether oxygens (including phenoxy) is 1. The molecular weight excluding hydrogens is 202 g/mol. The Morgan fingerprint density at radius 2 is 2.12 bits per heavy atom. The molecule has 0 aromatic carbocycles. The van der Waals surface area contributed by atoms with Gasteiger partial charge >= 0.3 is 0 Å². The minimum absolute atomic E-state index is 0.0358. The molecule has 0 aliphatic rings. The maximum Gasteiger partial charge on any atom is 0.214 e. The number of pyridine rings is 1. The van der Waals surface area contributed by atoms with Crippen molar-refractivity contribution in [3.8, 4) is 5.88 Å². The predicted molar refractivity (Wildman–Crippen MR) is 64.5 cm³/mol. The van der Waals surface area contributed by atoms with Gasteiger partial charge in [-0.05, 0) is 31.4 Å². The van der Waals surface area contributed by atoms with Gasteiger partial charge in [0.1, 0.15) is 0 Å². The van der Waals surface area contributed by atoms with Crippen LogP contribution in [0.2, 0.25) is 0 Å². The quantitative estimate of drug-likeness (QED) is 0.806. The van der Waals surface area contributed by atoms with E-state index in [1.807, 2.05) is 26.0 Å². The van der Waals surface area contributed by atoms with Crippen LogP contribution in [0.15, 0.2) is 12.1 Å². The van der Waals surface area contributed by atoms with E-state index in [4.69, 9.17) is 9.84 Å². The van der Waals surface area contributed by atoms with Gasteiger partial charge in [0.15, 0.2) is 0 Å². The lowest BCUT2D eigenvalue weighted by molar-refractivity contribution is 0.200. The SMILES string of the molecule is CCCC(C)Oc1cc(CO)cc(CC)n1. The smallest absolute Gasteiger partial charge is 0.214 e. The molecule has 1 heterocycles. The van der Waals surface area contributed by atoms with Crippen LogP contribution in [-0.4, -0.2) is 16.2 Å². The normalized spacial score (nSPS) is 12.5. The monoisotopic (exact) mass is 223 g/mol. The standard InChI is InChI=1S/C13H21NO2/c1-4-6-10(3)16-13-8-11(9-15)7-12(5-2)14-13/h7-8,10,15H,4-6,9H2,1-3H3. The molecular formula is C13H21NO2.